The zero-order valence-corrected chi connectivity index (χ0v) is 81.2. The Morgan fingerprint density at radius 3 is 0.881 bits per heavy atom. The number of carboxylic acid groups (broad SMARTS) is 2. The summed E-state index contributed by atoms with van der Waals surface area (Å²) in [5.74, 6) is -2.17. The molecule has 0 unspecified atom stereocenters. The summed E-state index contributed by atoms with van der Waals surface area (Å²) in [5, 5.41) is 33.1. The van der Waals surface area contributed by atoms with E-state index in [1.807, 2.05) is 18.2 Å². The van der Waals surface area contributed by atoms with Crippen LogP contribution in [0.3, 0.4) is 0 Å². The van der Waals surface area contributed by atoms with Gasteiger partial charge < -0.3 is 48.5 Å². The fraction of sp³-hybridized carbons (Fsp3) is 0.398. The molecule has 0 atom stereocenters. The molecule has 12 nitrogen and oxygen atoms in total. The molecular formula is C123H142O12. The van der Waals surface area contributed by atoms with Crippen LogP contribution in [0, 0.1) is 0 Å². The molecule has 0 aliphatic heterocycles. The average molecular weight is 1810 g/mol. The highest BCUT2D eigenvalue weighted by molar-refractivity contribution is 5.97. The molecule has 15 rings (SSSR count). The third-order valence-corrected chi connectivity index (χ3v) is 28.6. The summed E-state index contributed by atoms with van der Waals surface area (Å²) < 4.78 is 41.0. The first kappa shape index (κ1) is 98.6. The van der Waals surface area contributed by atoms with Gasteiger partial charge in [0, 0.05) is 7.11 Å². The summed E-state index contributed by atoms with van der Waals surface area (Å²) in [6.07, 6.45) is 29.4. The number of rotatable bonds is 56. The minimum atomic E-state index is -1.45. The van der Waals surface area contributed by atoms with Gasteiger partial charge in [0.2, 0.25) is 0 Å². The fourth-order valence-electron chi connectivity index (χ4n) is 21.5. The van der Waals surface area contributed by atoms with Gasteiger partial charge in [0.05, 0.1) is 101 Å². The molecule has 0 heterocycles. The Morgan fingerprint density at radius 1 is 0.259 bits per heavy atom. The molecule has 0 bridgehead atoms. The summed E-state index contributed by atoms with van der Waals surface area (Å²) >= 11 is 0. The lowest BCUT2D eigenvalue weighted by Gasteiger charge is -2.36. The normalized spacial score (nSPS) is 13.3. The third-order valence-electron chi connectivity index (χ3n) is 28.6. The van der Waals surface area contributed by atoms with E-state index in [1.54, 1.807) is 25.3 Å². The number of fused-ring (bicyclic) bond motifs is 9. The monoisotopic (exact) mass is 1810 g/mol. The molecule has 3 aliphatic carbocycles. The first-order valence-corrected chi connectivity index (χ1v) is 50.9. The number of carboxylic acids is 2. The summed E-state index contributed by atoms with van der Waals surface area (Å²) in [5.41, 5.74) is 28.7. The van der Waals surface area contributed by atoms with Crippen LogP contribution in [0.2, 0.25) is 0 Å². The fourth-order valence-corrected chi connectivity index (χ4v) is 21.5. The van der Waals surface area contributed by atoms with Crippen LogP contribution in [0.1, 0.15) is 296 Å². The molecule has 12 aromatic carbocycles. The number of aromatic carboxylic acids is 2. The van der Waals surface area contributed by atoms with Crippen LogP contribution in [-0.4, -0.2) is 114 Å². The van der Waals surface area contributed by atoms with Gasteiger partial charge in [0.25, 0.3) is 0 Å². The van der Waals surface area contributed by atoms with E-state index in [1.165, 1.54) is 177 Å². The van der Waals surface area contributed by atoms with E-state index < -0.39 is 28.2 Å². The van der Waals surface area contributed by atoms with Crippen molar-refractivity contribution in [1.29, 1.82) is 0 Å². The van der Waals surface area contributed by atoms with E-state index in [4.69, 9.17) is 33.2 Å². The lowest BCUT2D eigenvalue weighted by Crippen LogP contribution is -2.30. The second-order valence-electron chi connectivity index (χ2n) is 37.5. The van der Waals surface area contributed by atoms with E-state index in [2.05, 4.69) is 248 Å². The number of hydrogen-bond donors (Lipinski definition) is 3. The van der Waals surface area contributed by atoms with Crippen molar-refractivity contribution in [3.05, 3.63) is 359 Å². The maximum absolute atomic E-state index is 14.6. The SMILES string of the molecule is CCCCCCc1ccc(C2(c3ccc(CCCCCC)cc3)c3cc(CCCC)ccc3-c3ccc(-c4ccc5c(c4)C(c4ccc(COCCOCCOCCO)c(C(=O)O)c4)(c4ccc(OCCOCCOCCOC)c(C(=O)O)c4)c4cc(-c6ccc7c(c6)C(c6ccc(CCCCCC)cc6)(c6ccc(CCCCCC)cc6)c6cc(CCCC)ccc6-7)ccc4-5)cc32)cc1. The van der Waals surface area contributed by atoms with E-state index in [9.17, 15) is 24.9 Å². The van der Waals surface area contributed by atoms with Crippen LogP contribution >= 0.6 is 0 Å². The predicted octanol–water partition coefficient (Wildman–Crippen LogP) is 28.3. The molecule has 0 saturated heterocycles. The Kier molecular flexibility index (Phi) is 35.2. The Bertz CT molecular complexity index is 5430. The summed E-state index contributed by atoms with van der Waals surface area (Å²) in [7, 11) is 1.63. The molecular weight excluding hydrogens is 1670 g/mol. The lowest BCUT2D eigenvalue weighted by molar-refractivity contribution is 0.00435. The van der Waals surface area contributed by atoms with Crippen molar-refractivity contribution in [2.75, 3.05) is 86.4 Å². The summed E-state index contributed by atoms with van der Waals surface area (Å²) in [4.78, 5) is 29.1. The van der Waals surface area contributed by atoms with E-state index in [-0.39, 0.29) is 63.1 Å². The van der Waals surface area contributed by atoms with Gasteiger partial charge >= 0.3 is 11.9 Å². The number of aliphatic hydroxyl groups is 1. The van der Waals surface area contributed by atoms with Gasteiger partial charge in [-0.2, -0.15) is 0 Å². The Hall–Kier alpha value is -10.9. The number of unbranched alkanes of at least 4 members (excludes halogenated alkanes) is 14. The zero-order chi connectivity index (χ0) is 93.9. The maximum atomic E-state index is 14.6. The second kappa shape index (κ2) is 48.2. The molecule has 0 amide bonds. The predicted molar refractivity (Wildman–Crippen MR) is 549 cm³/mol. The molecule has 0 spiro atoms. The minimum Gasteiger partial charge on any atom is -0.490 e. The molecule has 0 fully saturated rings. The van der Waals surface area contributed by atoms with E-state index in [0.29, 0.717) is 56.3 Å². The molecule has 12 aromatic rings. The zero-order valence-electron chi connectivity index (χ0n) is 81.2. The van der Waals surface area contributed by atoms with Crippen molar-refractivity contribution >= 4 is 11.9 Å². The Morgan fingerprint density at radius 2 is 0.541 bits per heavy atom. The smallest absolute Gasteiger partial charge is 0.339 e. The quantitative estimate of drug-likeness (QED) is 0.0310. The third kappa shape index (κ3) is 21.9. The van der Waals surface area contributed by atoms with Crippen molar-refractivity contribution in [3.63, 3.8) is 0 Å². The van der Waals surface area contributed by atoms with Crippen molar-refractivity contribution in [2.45, 2.75) is 231 Å². The summed E-state index contributed by atoms with van der Waals surface area (Å²) in [6, 6.07) is 92.1. The lowest BCUT2D eigenvalue weighted by atomic mass is 9.66. The Balaban J connectivity index is 0.958. The maximum Gasteiger partial charge on any atom is 0.339 e. The number of hydrogen-bond acceptors (Lipinski definition) is 10. The van der Waals surface area contributed by atoms with Crippen molar-refractivity contribution in [1.82, 2.24) is 0 Å². The molecule has 0 aromatic heterocycles. The second-order valence-corrected chi connectivity index (χ2v) is 37.5. The molecule has 0 saturated carbocycles. The highest BCUT2D eigenvalue weighted by Gasteiger charge is 2.51. The number of ether oxygens (including phenoxy) is 7. The molecule has 135 heavy (non-hydrogen) atoms. The number of carbonyl (C=O) groups is 2. The van der Waals surface area contributed by atoms with Crippen LogP contribution in [-0.2, 0) is 89.8 Å². The first-order chi connectivity index (χ1) is 66.3. The van der Waals surface area contributed by atoms with Gasteiger partial charge in [-0.1, -0.05) is 332 Å². The van der Waals surface area contributed by atoms with Crippen LogP contribution < -0.4 is 4.74 Å². The highest BCUT2D eigenvalue weighted by Crippen LogP contribution is 2.62. The van der Waals surface area contributed by atoms with Crippen LogP contribution in [0.15, 0.2) is 243 Å². The standard InChI is InChI=1S/C123H142O12/c1-8-14-20-24-30-87-34-49-98(50-35-87)121(99-51-36-88(37-52-99)31-25-21-15-9-2)112-78-91(28-18-12-5)42-59-104(112)106-61-45-93(80-114(106)121)95-47-63-108-109-64-48-96(94-46-62-107-105-60-43-92(29-19-13-6)79-113(105)122(115(107)81-94,100-53-38-89(39-54-100)32-26-22-16-10-3)101-55-40-90(41-56-101)33-27-23-17-11-4)83-117(109)123(116(108)82-95,102-57-44-97(110(84-102)119(125)126)86-134-75-74-132-71-70-130-67-66-124)103-58-65-118(111(85-103)120(127)128)135-77-76-133-73-72-131-69-68-129-7/h34-65,78-85,124H,8-33,66-77,86H2,1-7H3,(H,125,126)(H,127,128). The van der Waals surface area contributed by atoms with Crippen molar-refractivity contribution in [3.8, 4) is 61.4 Å². The van der Waals surface area contributed by atoms with E-state index >= 15 is 0 Å². The van der Waals surface area contributed by atoms with Gasteiger partial charge in [-0.25, -0.2) is 9.59 Å². The molecule has 12 heteroatoms. The van der Waals surface area contributed by atoms with Gasteiger partial charge in [-0.3, -0.25) is 0 Å². The van der Waals surface area contributed by atoms with Gasteiger partial charge in [0.1, 0.15) is 17.9 Å². The molecule has 3 aliphatic rings. The minimum absolute atomic E-state index is 0.0350. The largest absolute Gasteiger partial charge is 0.490 e. The van der Waals surface area contributed by atoms with Gasteiger partial charge in [-0.15, -0.1) is 0 Å². The number of aliphatic hydroxyl groups excluding tert-OH is 1. The van der Waals surface area contributed by atoms with Crippen molar-refractivity contribution < 1.29 is 58.1 Å². The van der Waals surface area contributed by atoms with Gasteiger partial charge in [-0.05, 0) is 281 Å². The molecule has 0 radical (unpaired) electrons. The number of aryl methyl sites for hydroxylation is 6. The van der Waals surface area contributed by atoms with Crippen LogP contribution in [0.25, 0.3) is 55.6 Å². The number of methoxy groups -OCH3 is 1. The highest BCUT2D eigenvalue weighted by atomic mass is 16.6. The summed E-state index contributed by atoms with van der Waals surface area (Å²) in [6.45, 7) is 16.6. The first-order valence-electron chi connectivity index (χ1n) is 50.9. The van der Waals surface area contributed by atoms with E-state index in [0.717, 1.165) is 134 Å². The Labute approximate surface area is 803 Å². The van der Waals surface area contributed by atoms with Crippen LogP contribution in [0.5, 0.6) is 5.75 Å². The molecule has 3 N–H and O–H groups in total. The number of benzene rings is 12. The van der Waals surface area contributed by atoms with Crippen molar-refractivity contribution in [2.24, 2.45) is 0 Å². The molecule has 706 valence electrons. The average Bonchev–Trinajstić information content (AvgIpc) is 1.54. The van der Waals surface area contributed by atoms with Crippen LogP contribution in [0.4, 0.5) is 0 Å². The topological polar surface area (TPSA) is 159 Å². The van der Waals surface area contributed by atoms with Gasteiger partial charge in [0.15, 0.2) is 0 Å².